The Labute approximate surface area is 71.2 Å². The Bertz CT molecular complexity index is 119. The van der Waals surface area contributed by atoms with E-state index in [4.69, 9.17) is 0 Å². The second-order valence-electron chi connectivity index (χ2n) is 3.44. The molecule has 0 heterocycles. The minimum Gasteiger partial charge on any atom is -0.300 e. The molecule has 0 unspecified atom stereocenters. The van der Waals surface area contributed by atoms with E-state index in [1.165, 1.54) is 18.1 Å². The number of carbonyl (C=O) groups is 1. The minimum atomic E-state index is -1.13. The smallest absolute Gasteiger partial charge is 0.127 e. The molecule has 0 spiro atoms. The average molecular weight is 172 g/mol. The van der Waals surface area contributed by atoms with E-state index in [9.17, 15) is 4.79 Å². The van der Waals surface area contributed by atoms with Gasteiger partial charge in [0.1, 0.15) is 5.78 Å². The van der Waals surface area contributed by atoms with Crippen LogP contribution in [-0.2, 0) is 4.79 Å². The van der Waals surface area contributed by atoms with Crippen LogP contribution >= 0.6 is 0 Å². The molecule has 0 N–H and O–H groups in total. The van der Waals surface area contributed by atoms with Crippen molar-refractivity contribution in [2.45, 2.75) is 51.9 Å². The first-order valence-electron chi connectivity index (χ1n) is 4.59. The first-order chi connectivity index (χ1) is 5.10. The van der Waals surface area contributed by atoms with Crippen molar-refractivity contribution in [2.75, 3.05) is 0 Å². The van der Waals surface area contributed by atoms with Gasteiger partial charge in [-0.05, 0) is 6.92 Å². The van der Waals surface area contributed by atoms with E-state index in [1.54, 1.807) is 6.92 Å². The highest BCUT2D eigenvalue weighted by molar-refractivity contribution is 6.82. The van der Waals surface area contributed by atoms with Crippen LogP contribution in [0.25, 0.3) is 0 Å². The van der Waals surface area contributed by atoms with Crippen LogP contribution < -0.4 is 0 Å². The van der Waals surface area contributed by atoms with Gasteiger partial charge in [-0.2, -0.15) is 0 Å². The third kappa shape index (κ3) is 3.19. The van der Waals surface area contributed by atoms with Crippen molar-refractivity contribution in [2.24, 2.45) is 0 Å². The lowest BCUT2D eigenvalue weighted by molar-refractivity contribution is -0.115. The van der Waals surface area contributed by atoms with Crippen molar-refractivity contribution < 1.29 is 4.79 Å². The number of ketones is 1. The Kier molecular flexibility index (Phi) is 4.65. The van der Waals surface area contributed by atoms with Crippen LogP contribution in [0.4, 0.5) is 0 Å². The Hall–Kier alpha value is -0.113. The van der Waals surface area contributed by atoms with Gasteiger partial charge in [0.05, 0.1) is 8.07 Å². The molecule has 0 aliphatic heterocycles. The van der Waals surface area contributed by atoms with Crippen molar-refractivity contribution in [3.8, 4) is 0 Å². The molecule has 0 aromatic carbocycles. The SMILES string of the molecule is CC[Si](CC)(CC)CC(C)=O. The monoisotopic (exact) mass is 172 g/mol. The lowest BCUT2D eigenvalue weighted by Gasteiger charge is -2.26. The third-order valence-electron chi connectivity index (χ3n) is 2.87. The van der Waals surface area contributed by atoms with E-state index in [-0.39, 0.29) is 0 Å². The summed E-state index contributed by atoms with van der Waals surface area (Å²) in [7, 11) is -1.13. The highest BCUT2D eigenvalue weighted by atomic mass is 28.3. The molecule has 0 saturated carbocycles. The molecule has 0 aliphatic carbocycles. The number of Topliss-reactive ketones (excluding diaryl/α,β-unsaturated/α-hetero) is 1. The van der Waals surface area contributed by atoms with Crippen LogP contribution in [0.3, 0.4) is 0 Å². The third-order valence-corrected chi connectivity index (χ3v) is 8.62. The summed E-state index contributed by atoms with van der Waals surface area (Å²) < 4.78 is 0. The minimum absolute atomic E-state index is 0.391. The highest BCUT2D eigenvalue weighted by Crippen LogP contribution is 2.24. The van der Waals surface area contributed by atoms with Crippen LogP contribution in [0.2, 0.25) is 24.2 Å². The molecule has 0 bridgehead atoms. The fraction of sp³-hybridized carbons (Fsp3) is 0.889. The quantitative estimate of drug-likeness (QED) is 0.582. The molecule has 0 aromatic heterocycles. The van der Waals surface area contributed by atoms with Gasteiger partial charge in [0.15, 0.2) is 0 Å². The van der Waals surface area contributed by atoms with Crippen LogP contribution in [0.5, 0.6) is 0 Å². The van der Waals surface area contributed by atoms with Gasteiger partial charge >= 0.3 is 0 Å². The van der Waals surface area contributed by atoms with Gasteiger partial charge in [-0.15, -0.1) is 0 Å². The molecule has 0 fully saturated rings. The predicted molar refractivity (Wildman–Crippen MR) is 52.7 cm³/mol. The van der Waals surface area contributed by atoms with Crippen molar-refractivity contribution in [1.82, 2.24) is 0 Å². The van der Waals surface area contributed by atoms with Gasteiger partial charge in [0.25, 0.3) is 0 Å². The molecule has 0 atom stereocenters. The van der Waals surface area contributed by atoms with Crippen LogP contribution in [0.1, 0.15) is 27.7 Å². The second kappa shape index (κ2) is 4.70. The fourth-order valence-corrected chi connectivity index (χ4v) is 4.96. The van der Waals surface area contributed by atoms with Crippen molar-refractivity contribution in [3.05, 3.63) is 0 Å². The molecule has 0 rings (SSSR count). The lowest BCUT2D eigenvalue weighted by atomic mass is 10.5. The topological polar surface area (TPSA) is 17.1 Å². The Balaban J connectivity index is 4.16. The Morgan fingerprint density at radius 3 is 1.55 bits per heavy atom. The summed E-state index contributed by atoms with van der Waals surface area (Å²) in [5.41, 5.74) is 0. The van der Waals surface area contributed by atoms with Crippen LogP contribution in [-0.4, -0.2) is 13.9 Å². The molecule has 66 valence electrons. The predicted octanol–water partition coefficient (Wildman–Crippen LogP) is 3.08. The zero-order valence-corrected chi connectivity index (χ0v) is 9.24. The summed E-state index contributed by atoms with van der Waals surface area (Å²) in [6.45, 7) is 8.44. The van der Waals surface area contributed by atoms with Gasteiger partial charge in [-0.1, -0.05) is 38.9 Å². The zero-order chi connectivity index (χ0) is 8.91. The molecular weight excluding hydrogens is 152 g/mol. The fourth-order valence-electron chi connectivity index (χ4n) is 1.65. The van der Waals surface area contributed by atoms with Gasteiger partial charge in [0, 0.05) is 6.04 Å². The summed E-state index contributed by atoms with van der Waals surface area (Å²) in [5.74, 6) is 0.391. The van der Waals surface area contributed by atoms with Gasteiger partial charge in [0.2, 0.25) is 0 Å². The number of hydrogen-bond acceptors (Lipinski definition) is 1. The number of carbonyl (C=O) groups excluding carboxylic acids is 1. The maximum absolute atomic E-state index is 11.0. The van der Waals surface area contributed by atoms with Gasteiger partial charge < -0.3 is 4.79 Å². The van der Waals surface area contributed by atoms with Gasteiger partial charge in [-0.3, -0.25) is 0 Å². The molecule has 0 aliphatic rings. The first-order valence-corrected chi connectivity index (χ1v) is 7.42. The summed E-state index contributed by atoms with van der Waals surface area (Å²) in [6, 6.07) is 4.69. The van der Waals surface area contributed by atoms with E-state index in [2.05, 4.69) is 20.8 Å². The molecule has 0 amide bonds. The van der Waals surface area contributed by atoms with Crippen molar-refractivity contribution >= 4 is 13.9 Å². The first kappa shape index (κ1) is 10.9. The summed E-state index contributed by atoms with van der Waals surface area (Å²) >= 11 is 0. The Morgan fingerprint density at radius 2 is 1.45 bits per heavy atom. The second-order valence-corrected chi connectivity index (χ2v) is 8.91. The van der Waals surface area contributed by atoms with Crippen molar-refractivity contribution in [3.63, 3.8) is 0 Å². The summed E-state index contributed by atoms with van der Waals surface area (Å²) in [6.07, 6.45) is 0. The molecule has 0 aromatic rings. The average Bonchev–Trinajstić information content (AvgIpc) is 2.00. The summed E-state index contributed by atoms with van der Waals surface area (Å²) in [5, 5.41) is 0. The highest BCUT2D eigenvalue weighted by Gasteiger charge is 2.27. The maximum Gasteiger partial charge on any atom is 0.127 e. The van der Waals surface area contributed by atoms with E-state index in [0.717, 1.165) is 6.04 Å². The summed E-state index contributed by atoms with van der Waals surface area (Å²) in [4.78, 5) is 11.0. The van der Waals surface area contributed by atoms with Crippen LogP contribution in [0.15, 0.2) is 0 Å². The number of hydrogen-bond donors (Lipinski definition) is 0. The largest absolute Gasteiger partial charge is 0.300 e. The van der Waals surface area contributed by atoms with E-state index in [0.29, 0.717) is 5.78 Å². The lowest BCUT2D eigenvalue weighted by Crippen LogP contribution is -2.33. The molecular formula is C9H20OSi. The Morgan fingerprint density at radius 1 is 1.09 bits per heavy atom. The van der Waals surface area contributed by atoms with E-state index < -0.39 is 8.07 Å². The van der Waals surface area contributed by atoms with Crippen LogP contribution in [0, 0.1) is 0 Å². The molecule has 11 heavy (non-hydrogen) atoms. The molecule has 1 nitrogen and oxygen atoms in total. The van der Waals surface area contributed by atoms with Gasteiger partial charge in [-0.25, -0.2) is 0 Å². The normalized spacial score (nSPS) is 11.6. The van der Waals surface area contributed by atoms with E-state index in [1.807, 2.05) is 0 Å². The molecule has 0 saturated heterocycles. The molecule has 0 radical (unpaired) electrons. The van der Waals surface area contributed by atoms with Crippen molar-refractivity contribution in [1.29, 1.82) is 0 Å². The maximum atomic E-state index is 11.0. The standard InChI is InChI=1S/C9H20OSi/c1-5-11(6-2,7-3)8-9(4)10/h5-8H2,1-4H3. The molecule has 2 heteroatoms. The zero-order valence-electron chi connectivity index (χ0n) is 8.24. The number of rotatable bonds is 5. The van der Waals surface area contributed by atoms with E-state index >= 15 is 0 Å².